The van der Waals surface area contributed by atoms with Gasteiger partial charge in [-0.05, 0) is 37.6 Å². The van der Waals surface area contributed by atoms with Crippen LogP contribution in [-0.2, 0) is 4.74 Å². The molecule has 1 saturated heterocycles. The Kier molecular flexibility index (Phi) is 4.01. The minimum atomic E-state index is -0.993. The van der Waals surface area contributed by atoms with E-state index in [-0.39, 0.29) is 23.7 Å². The molecule has 0 bridgehead atoms. The molecule has 0 aliphatic carbocycles. The van der Waals surface area contributed by atoms with Gasteiger partial charge in [0.1, 0.15) is 0 Å². The van der Waals surface area contributed by atoms with Gasteiger partial charge in [0, 0.05) is 12.3 Å². The van der Waals surface area contributed by atoms with Crippen LogP contribution in [0.15, 0.2) is 24.3 Å². The van der Waals surface area contributed by atoms with Crippen LogP contribution in [0.2, 0.25) is 0 Å². The van der Waals surface area contributed by atoms with Gasteiger partial charge in [0.15, 0.2) is 0 Å². The maximum Gasteiger partial charge on any atom is 0.335 e. The van der Waals surface area contributed by atoms with E-state index in [0.29, 0.717) is 12.3 Å². The fourth-order valence-corrected chi connectivity index (χ4v) is 1.95. The number of nitrogens with one attached hydrogen (secondary N) is 2. The molecule has 102 valence electrons. The SMILES string of the molecule is CC1OCCC1NC(=O)Nc1ccc(C(=O)O)cc1. The van der Waals surface area contributed by atoms with Crippen LogP contribution < -0.4 is 10.6 Å². The number of amides is 2. The lowest BCUT2D eigenvalue weighted by molar-refractivity contribution is 0.0697. The fraction of sp³-hybridized carbons (Fsp3) is 0.385. The standard InChI is InChI=1S/C13H16N2O4/c1-8-11(6-7-19-8)15-13(18)14-10-4-2-9(3-5-10)12(16)17/h2-5,8,11H,6-7H2,1H3,(H,16,17)(H2,14,15,18). The number of benzene rings is 1. The second-order valence-electron chi connectivity index (χ2n) is 4.45. The second-order valence-corrected chi connectivity index (χ2v) is 4.45. The van der Waals surface area contributed by atoms with E-state index >= 15 is 0 Å². The van der Waals surface area contributed by atoms with E-state index in [1.807, 2.05) is 6.92 Å². The Labute approximate surface area is 110 Å². The molecule has 0 saturated carbocycles. The lowest BCUT2D eigenvalue weighted by atomic mass is 10.1. The van der Waals surface area contributed by atoms with Gasteiger partial charge in [-0.3, -0.25) is 0 Å². The molecule has 1 aromatic rings. The normalized spacial score (nSPS) is 21.9. The average molecular weight is 264 g/mol. The van der Waals surface area contributed by atoms with Crippen molar-refractivity contribution in [2.45, 2.75) is 25.5 Å². The van der Waals surface area contributed by atoms with Gasteiger partial charge >= 0.3 is 12.0 Å². The third-order valence-electron chi connectivity index (χ3n) is 3.08. The number of carboxylic acid groups (broad SMARTS) is 1. The van der Waals surface area contributed by atoms with Crippen LogP contribution in [0.3, 0.4) is 0 Å². The van der Waals surface area contributed by atoms with Crippen molar-refractivity contribution >= 4 is 17.7 Å². The molecule has 1 aliphatic rings. The minimum Gasteiger partial charge on any atom is -0.478 e. The zero-order valence-corrected chi connectivity index (χ0v) is 10.6. The lowest BCUT2D eigenvalue weighted by Gasteiger charge is -2.16. The molecule has 2 unspecified atom stereocenters. The fourth-order valence-electron chi connectivity index (χ4n) is 1.95. The van der Waals surface area contributed by atoms with Crippen LogP contribution >= 0.6 is 0 Å². The highest BCUT2D eigenvalue weighted by Crippen LogP contribution is 2.13. The number of hydrogen-bond acceptors (Lipinski definition) is 3. The molecule has 1 fully saturated rings. The van der Waals surface area contributed by atoms with Gasteiger partial charge in [0.05, 0.1) is 17.7 Å². The summed E-state index contributed by atoms with van der Waals surface area (Å²) in [4.78, 5) is 22.4. The molecular weight excluding hydrogens is 248 g/mol. The number of anilines is 1. The predicted octanol–water partition coefficient (Wildman–Crippen LogP) is 1.68. The van der Waals surface area contributed by atoms with Crippen molar-refractivity contribution in [3.63, 3.8) is 0 Å². The molecular formula is C13H16N2O4. The Morgan fingerprint density at radius 1 is 1.32 bits per heavy atom. The van der Waals surface area contributed by atoms with Crippen molar-refractivity contribution in [1.82, 2.24) is 5.32 Å². The lowest BCUT2D eigenvalue weighted by Crippen LogP contribution is -2.41. The van der Waals surface area contributed by atoms with Crippen LogP contribution in [-0.4, -0.2) is 35.9 Å². The highest BCUT2D eigenvalue weighted by atomic mass is 16.5. The zero-order chi connectivity index (χ0) is 13.8. The number of urea groups is 1. The molecule has 3 N–H and O–H groups in total. The van der Waals surface area contributed by atoms with Crippen molar-refractivity contribution in [2.75, 3.05) is 11.9 Å². The number of carbonyl (C=O) groups excluding carboxylic acids is 1. The van der Waals surface area contributed by atoms with Crippen LogP contribution in [0, 0.1) is 0 Å². The van der Waals surface area contributed by atoms with E-state index in [2.05, 4.69) is 10.6 Å². The van der Waals surface area contributed by atoms with E-state index in [0.717, 1.165) is 6.42 Å². The maximum atomic E-state index is 11.7. The van der Waals surface area contributed by atoms with Gasteiger partial charge in [-0.2, -0.15) is 0 Å². The third kappa shape index (κ3) is 3.45. The monoisotopic (exact) mass is 264 g/mol. The Balaban J connectivity index is 1.89. The third-order valence-corrected chi connectivity index (χ3v) is 3.08. The number of ether oxygens (including phenoxy) is 1. The summed E-state index contributed by atoms with van der Waals surface area (Å²) >= 11 is 0. The summed E-state index contributed by atoms with van der Waals surface area (Å²) in [6.07, 6.45) is 0.812. The highest BCUT2D eigenvalue weighted by Gasteiger charge is 2.25. The quantitative estimate of drug-likeness (QED) is 0.775. The number of carboxylic acids is 1. The average Bonchev–Trinajstić information content (AvgIpc) is 2.75. The summed E-state index contributed by atoms with van der Waals surface area (Å²) in [6.45, 7) is 2.57. The zero-order valence-electron chi connectivity index (χ0n) is 10.6. The summed E-state index contributed by atoms with van der Waals surface area (Å²) in [7, 11) is 0. The van der Waals surface area contributed by atoms with Gasteiger partial charge < -0.3 is 20.5 Å². The molecule has 2 atom stereocenters. The molecule has 1 aliphatic heterocycles. The van der Waals surface area contributed by atoms with E-state index in [1.54, 1.807) is 12.1 Å². The maximum absolute atomic E-state index is 11.7. The van der Waals surface area contributed by atoms with Gasteiger partial charge in [-0.15, -0.1) is 0 Å². The first-order valence-corrected chi connectivity index (χ1v) is 6.09. The van der Waals surface area contributed by atoms with Gasteiger partial charge in [0.2, 0.25) is 0 Å². The highest BCUT2D eigenvalue weighted by molar-refractivity contribution is 5.91. The molecule has 0 radical (unpaired) electrons. The Bertz CT molecular complexity index is 472. The summed E-state index contributed by atoms with van der Waals surface area (Å²) in [6, 6.07) is 5.69. The van der Waals surface area contributed by atoms with Crippen LogP contribution in [0.4, 0.5) is 10.5 Å². The molecule has 19 heavy (non-hydrogen) atoms. The van der Waals surface area contributed by atoms with Crippen molar-refractivity contribution in [3.05, 3.63) is 29.8 Å². The van der Waals surface area contributed by atoms with Crippen LogP contribution in [0.25, 0.3) is 0 Å². The molecule has 0 spiro atoms. The minimum absolute atomic E-state index is 0.0123. The van der Waals surface area contributed by atoms with Gasteiger partial charge in [0.25, 0.3) is 0 Å². The molecule has 1 aromatic carbocycles. The Morgan fingerprint density at radius 2 is 2.00 bits per heavy atom. The van der Waals surface area contributed by atoms with Crippen LogP contribution in [0.5, 0.6) is 0 Å². The Hall–Kier alpha value is -2.08. The van der Waals surface area contributed by atoms with Crippen molar-refractivity contribution < 1.29 is 19.4 Å². The molecule has 2 amide bonds. The number of aromatic carboxylic acids is 1. The van der Waals surface area contributed by atoms with Crippen molar-refractivity contribution in [1.29, 1.82) is 0 Å². The Morgan fingerprint density at radius 3 is 2.53 bits per heavy atom. The topological polar surface area (TPSA) is 87.7 Å². The molecule has 6 nitrogen and oxygen atoms in total. The first-order valence-electron chi connectivity index (χ1n) is 6.09. The van der Waals surface area contributed by atoms with Gasteiger partial charge in [-0.25, -0.2) is 9.59 Å². The van der Waals surface area contributed by atoms with E-state index in [4.69, 9.17) is 9.84 Å². The number of hydrogen-bond donors (Lipinski definition) is 3. The number of rotatable bonds is 3. The summed E-state index contributed by atoms with van der Waals surface area (Å²) in [5.74, 6) is -0.993. The number of carbonyl (C=O) groups is 2. The molecule has 0 aromatic heterocycles. The predicted molar refractivity (Wildman–Crippen MR) is 69.4 cm³/mol. The van der Waals surface area contributed by atoms with Crippen molar-refractivity contribution in [3.8, 4) is 0 Å². The van der Waals surface area contributed by atoms with Crippen LogP contribution in [0.1, 0.15) is 23.7 Å². The smallest absolute Gasteiger partial charge is 0.335 e. The molecule has 1 heterocycles. The van der Waals surface area contributed by atoms with E-state index < -0.39 is 5.97 Å². The summed E-state index contributed by atoms with van der Waals surface area (Å²) in [5, 5.41) is 14.2. The summed E-state index contributed by atoms with van der Waals surface area (Å²) < 4.78 is 5.35. The molecule has 6 heteroatoms. The second kappa shape index (κ2) is 5.71. The van der Waals surface area contributed by atoms with E-state index in [9.17, 15) is 9.59 Å². The van der Waals surface area contributed by atoms with E-state index in [1.165, 1.54) is 12.1 Å². The first-order chi connectivity index (χ1) is 9.06. The first kappa shape index (κ1) is 13.4. The largest absolute Gasteiger partial charge is 0.478 e. The summed E-state index contributed by atoms with van der Waals surface area (Å²) in [5.41, 5.74) is 0.734. The molecule has 2 rings (SSSR count). The van der Waals surface area contributed by atoms with Gasteiger partial charge in [-0.1, -0.05) is 0 Å². The van der Waals surface area contributed by atoms with Crippen molar-refractivity contribution in [2.24, 2.45) is 0 Å².